The van der Waals surface area contributed by atoms with Crippen LogP contribution in [0.1, 0.15) is 11.1 Å². The van der Waals surface area contributed by atoms with E-state index in [9.17, 15) is 13.0 Å². The van der Waals surface area contributed by atoms with Crippen molar-refractivity contribution in [2.45, 2.75) is 18.7 Å². The highest BCUT2D eigenvalue weighted by Crippen LogP contribution is 2.37. The number of nitrogens with zero attached hydrogens (tertiary/aromatic N) is 2. The fraction of sp³-hybridized carbons (Fsp3) is 0.158. The summed E-state index contributed by atoms with van der Waals surface area (Å²) < 4.78 is 38.6. The van der Waals surface area contributed by atoms with Crippen molar-refractivity contribution in [3.63, 3.8) is 0 Å². The van der Waals surface area contributed by atoms with Gasteiger partial charge in [-0.15, -0.1) is 5.11 Å². The molecule has 3 aromatic carbocycles. The van der Waals surface area contributed by atoms with Crippen LogP contribution in [-0.4, -0.2) is 20.1 Å². The van der Waals surface area contributed by atoms with Crippen molar-refractivity contribution in [1.82, 2.24) is 0 Å². The first kappa shape index (κ1) is 19.3. The van der Waals surface area contributed by atoms with E-state index in [-0.39, 0.29) is 10.6 Å². The Bertz CT molecular complexity index is 1170. The number of ether oxygens (including phenoxy) is 1. The fourth-order valence-corrected chi connectivity index (χ4v) is 3.83. The first-order chi connectivity index (χ1) is 12.7. The molecular weight excluding hydrogens is 388 g/mol. The summed E-state index contributed by atoms with van der Waals surface area (Å²) in [5.74, 6) is 0.432. The van der Waals surface area contributed by atoms with Gasteiger partial charge >= 0.3 is 0 Å². The molecule has 0 radical (unpaired) electrons. The lowest BCUT2D eigenvalue weighted by atomic mass is 10.0. The fourth-order valence-electron chi connectivity index (χ4n) is 2.82. The van der Waals surface area contributed by atoms with Crippen LogP contribution in [0, 0.1) is 13.8 Å². The molecule has 0 saturated carbocycles. The molecule has 0 bridgehead atoms. The van der Waals surface area contributed by atoms with Gasteiger partial charge in [0.15, 0.2) is 0 Å². The van der Waals surface area contributed by atoms with Crippen molar-refractivity contribution in [2.24, 2.45) is 10.2 Å². The molecule has 3 rings (SSSR count). The Hall–Kier alpha value is -2.48. The maximum atomic E-state index is 11.9. The third-order valence-electron chi connectivity index (χ3n) is 4.25. The Morgan fingerprint density at radius 3 is 2.44 bits per heavy atom. The van der Waals surface area contributed by atoms with Crippen molar-refractivity contribution < 1.29 is 17.7 Å². The zero-order valence-corrected chi connectivity index (χ0v) is 16.5. The van der Waals surface area contributed by atoms with E-state index in [1.807, 2.05) is 12.1 Å². The van der Waals surface area contributed by atoms with Crippen LogP contribution >= 0.6 is 11.6 Å². The van der Waals surface area contributed by atoms with Crippen LogP contribution in [-0.2, 0) is 10.1 Å². The standard InChI is InChI=1S/C19H17ClN2O4S/c1-11-8-15(20)17(26-3)10-16(11)21-22-19-12(2)14-7-5-4-6-13(14)9-18(19)27(23,24)25/h4-10H,1-3H3,(H,23,24,25). The van der Waals surface area contributed by atoms with E-state index >= 15 is 0 Å². The average molecular weight is 405 g/mol. The minimum Gasteiger partial charge on any atom is -0.495 e. The molecule has 0 amide bonds. The quantitative estimate of drug-likeness (QED) is 0.440. The molecule has 3 aromatic rings. The van der Waals surface area contributed by atoms with E-state index in [4.69, 9.17) is 16.3 Å². The second-order valence-corrected chi connectivity index (χ2v) is 7.81. The van der Waals surface area contributed by atoms with E-state index < -0.39 is 10.1 Å². The van der Waals surface area contributed by atoms with Crippen LogP contribution in [0.4, 0.5) is 11.4 Å². The van der Waals surface area contributed by atoms with Gasteiger partial charge in [0.1, 0.15) is 16.3 Å². The minimum atomic E-state index is -4.48. The monoisotopic (exact) mass is 404 g/mol. The van der Waals surface area contributed by atoms with Gasteiger partial charge in [-0.3, -0.25) is 4.55 Å². The van der Waals surface area contributed by atoms with E-state index in [1.54, 1.807) is 38.1 Å². The summed E-state index contributed by atoms with van der Waals surface area (Å²) in [6.45, 7) is 3.54. The van der Waals surface area contributed by atoms with E-state index in [0.717, 1.165) is 10.9 Å². The number of methoxy groups -OCH3 is 1. The third-order valence-corrected chi connectivity index (χ3v) is 5.41. The van der Waals surface area contributed by atoms with E-state index in [2.05, 4.69) is 10.2 Å². The summed E-state index contributed by atoms with van der Waals surface area (Å²) in [5, 5.41) is 10.3. The highest BCUT2D eigenvalue weighted by Gasteiger charge is 2.20. The van der Waals surface area contributed by atoms with Crippen LogP contribution in [0.25, 0.3) is 10.8 Å². The number of rotatable bonds is 4. The molecule has 1 N–H and O–H groups in total. The molecule has 0 fully saturated rings. The highest BCUT2D eigenvalue weighted by molar-refractivity contribution is 7.86. The summed E-state index contributed by atoms with van der Waals surface area (Å²) in [5.41, 5.74) is 1.91. The minimum absolute atomic E-state index is 0.0875. The summed E-state index contributed by atoms with van der Waals surface area (Å²) in [7, 11) is -2.99. The highest BCUT2D eigenvalue weighted by atomic mass is 35.5. The van der Waals surface area contributed by atoms with Gasteiger partial charge in [0.2, 0.25) is 0 Å². The lowest BCUT2D eigenvalue weighted by Gasteiger charge is -2.10. The third kappa shape index (κ3) is 3.80. The van der Waals surface area contributed by atoms with Gasteiger partial charge in [0.05, 0.1) is 17.8 Å². The molecule has 0 atom stereocenters. The molecule has 6 nitrogen and oxygen atoms in total. The van der Waals surface area contributed by atoms with Crippen LogP contribution < -0.4 is 4.74 Å². The normalized spacial score (nSPS) is 12.0. The summed E-state index contributed by atoms with van der Waals surface area (Å²) in [6, 6.07) is 12.0. The Morgan fingerprint density at radius 1 is 1.07 bits per heavy atom. The second-order valence-electron chi connectivity index (χ2n) is 6.02. The van der Waals surface area contributed by atoms with Crippen LogP contribution in [0.3, 0.4) is 0 Å². The number of halogens is 1. The van der Waals surface area contributed by atoms with Gasteiger partial charge in [0.25, 0.3) is 10.1 Å². The van der Waals surface area contributed by atoms with Crippen LogP contribution in [0.5, 0.6) is 5.75 Å². The second kappa shape index (κ2) is 7.26. The molecule has 0 aliphatic carbocycles. The van der Waals surface area contributed by atoms with E-state index in [1.165, 1.54) is 13.2 Å². The Balaban J connectivity index is 2.23. The van der Waals surface area contributed by atoms with Gasteiger partial charge in [0, 0.05) is 6.07 Å². The Morgan fingerprint density at radius 2 is 1.78 bits per heavy atom. The van der Waals surface area contributed by atoms with Crippen molar-refractivity contribution in [3.05, 3.63) is 58.6 Å². The zero-order chi connectivity index (χ0) is 19.8. The molecular formula is C19H17ClN2O4S. The van der Waals surface area contributed by atoms with Crippen molar-refractivity contribution in [1.29, 1.82) is 0 Å². The molecule has 0 heterocycles. The van der Waals surface area contributed by atoms with Crippen LogP contribution in [0.15, 0.2) is 57.6 Å². The molecule has 27 heavy (non-hydrogen) atoms. The molecule has 0 unspecified atom stereocenters. The van der Waals surface area contributed by atoms with Crippen LogP contribution in [0.2, 0.25) is 5.02 Å². The van der Waals surface area contributed by atoms with Gasteiger partial charge in [-0.2, -0.15) is 13.5 Å². The number of hydrogen-bond donors (Lipinski definition) is 1. The molecule has 0 spiro atoms. The largest absolute Gasteiger partial charge is 0.495 e. The number of benzene rings is 3. The number of hydrogen-bond acceptors (Lipinski definition) is 5. The Labute approximate surface area is 162 Å². The van der Waals surface area contributed by atoms with Crippen molar-refractivity contribution in [2.75, 3.05) is 7.11 Å². The molecule has 8 heteroatoms. The number of fused-ring (bicyclic) bond motifs is 1. The Kier molecular flexibility index (Phi) is 5.19. The summed E-state index contributed by atoms with van der Waals surface area (Å²) in [4.78, 5) is -0.291. The average Bonchev–Trinajstić information content (AvgIpc) is 2.61. The maximum Gasteiger partial charge on any atom is 0.296 e. The molecule has 140 valence electrons. The lowest BCUT2D eigenvalue weighted by molar-refractivity contribution is 0.415. The predicted molar refractivity (Wildman–Crippen MR) is 105 cm³/mol. The number of aryl methyl sites for hydroxylation is 2. The SMILES string of the molecule is COc1cc(N=Nc2c(S(=O)(=O)O)cc3ccccc3c2C)c(C)cc1Cl. The van der Waals surface area contributed by atoms with Crippen molar-refractivity contribution in [3.8, 4) is 5.75 Å². The topological polar surface area (TPSA) is 88.3 Å². The van der Waals surface area contributed by atoms with Gasteiger partial charge in [-0.1, -0.05) is 35.9 Å². The van der Waals surface area contributed by atoms with Gasteiger partial charge in [-0.25, -0.2) is 0 Å². The first-order valence-corrected chi connectivity index (χ1v) is 9.80. The number of azo groups is 1. The predicted octanol–water partition coefficient (Wildman–Crippen LogP) is 5.78. The molecule has 0 aliphatic heterocycles. The molecule has 0 aliphatic rings. The van der Waals surface area contributed by atoms with E-state index in [0.29, 0.717) is 27.4 Å². The summed E-state index contributed by atoms with van der Waals surface area (Å²) >= 11 is 6.08. The zero-order valence-electron chi connectivity index (χ0n) is 14.9. The molecule has 0 saturated heterocycles. The molecule has 0 aromatic heterocycles. The first-order valence-electron chi connectivity index (χ1n) is 7.98. The van der Waals surface area contributed by atoms with Gasteiger partial charge < -0.3 is 4.74 Å². The van der Waals surface area contributed by atoms with Gasteiger partial charge in [-0.05, 0) is 47.9 Å². The smallest absolute Gasteiger partial charge is 0.296 e. The van der Waals surface area contributed by atoms with Crippen molar-refractivity contribution >= 4 is 43.9 Å². The lowest BCUT2D eigenvalue weighted by Crippen LogP contribution is -2.00. The summed E-state index contributed by atoms with van der Waals surface area (Å²) in [6.07, 6.45) is 0. The maximum absolute atomic E-state index is 11.9.